The minimum absolute atomic E-state index is 0.144. The maximum atomic E-state index is 13.5. The molecule has 1 aromatic rings. The summed E-state index contributed by atoms with van der Waals surface area (Å²) in [5, 5.41) is 0. The Morgan fingerprint density at radius 2 is 2.24 bits per heavy atom. The second kappa shape index (κ2) is 4.69. The van der Waals surface area contributed by atoms with Gasteiger partial charge in [0.1, 0.15) is 5.82 Å². The molecule has 0 N–H and O–H groups in total. The molecule has 92 valence electrons. The summed E-state index contributed by atoms with van der Waals surface area (Å²) < 4.78 is 13.7. The second-order valence-corrected chi connectivity index (χ2v) is 6.62. The van der Waals surface area contributed by atoms with Crippen LogP contribution in [0.3, 0.4) is 0 Å². The van der Waals surface area contributed by atoms with E-state index < -0.39 is 5.82 Å². The molecule has 2 nitrogen and oxygen atoms in total. The van der Waals surface area contributed by atoms with Crippen molar-refractivity contribution in [2.24, 2.45) is 0 Å². The molecule has 0 saturated carbocycles. The largest absolute Gasteiger partial charge is 0.369 e. The van der Waals surface area contributed by atoms with E-state index >= 15 is 0 Å². The highest BCUT2D eigenvalue weighted by Gasteiger charge is 2.28. The first kappa shape index (κ1) is 12.4. The van der Waals surface area contributed by atoms with Crippen LogP contribution in [0.2, 0.25) is 0 Å². The molecule has 0 bridgehead atoms. The number of hydrogen-bond acceptors (Lipinski definition) is 3. The minimum Gasteiger partial charge on any atom is -0.369 e. The molecule has 0 radical (unpaired) electrons. The van der Waals surface area contributed by atoms with Crippen molar-refractivity contribution in [1.82, 2.24) is 0 Å². The van der Waals surface area contributed by atoms with Crippen LogP contribution >= 0.6 is 11.8 Å². The molecule has 1 fully saturated rings. The molecular formula is C13H16FNOS. The second-order valence-electron chi connectivity index (χ2n) is 4.82. The molecule has 2 rings (SSSR count). The summed E-state index contributed by atoms with van der Waals surface area (Å²) in [7, 11) is 0. The Balaban J connectivity index is 2.34. The number of aldehydes is 1. The molecule has 1 aromatic carbocycles. The van der Waals surface area contributed by atoms with Gasteiger partial charge < -0.3 is 4.90 Å². The lowest BCUT2D eigenvalue weighted by atomic mass is 10.1. The molecule has 1 aliphatic heterocycles. The number of nitrogens with zero attached hydrogens (tertiary/aromatic N) is 1. The maximum absolute atomic E-state index is 13.5. The molecule has 0 aromatic heterocycles. The highest BCUT2D eigenvalue weighted by molar-refractivity contribution is 8.00. The van der Waals surface area contributed by atoms with Crippen LogP contribution in [0.15, 0.2) is 18.2 Å². The van der Waals surface area contributed by atoms with Crippen molar-refractivity contribution in [2.75, 3.05) is 23.7 Å². The molecule has 0 unspecified atom stereocenters. The third-order valence-corrected chi connectivity index (χ3v) is 4.21. The standard InChI is InChI=1S/C13H16FNOS/c1-13(2)9-15(6-7-17-13)12-5-3-4-11(14)10(12)8-16/h3-5,8H,6-7,9H2,1-2H3. The van der Waals surface area contributed by atoms with Crippen LogP contribution < -0.4 is 4.90 Å². The SMILES string of the molecule is CC1(C)CN(c2cccc(F)c2C=O)CCS1. The first-order valence-corrected chi connectivity index (χ1v) is 6.65. The van der Waals surface area contributed by atoms with Crippen LogP contribution in [0.25, 0.3) is 0 Å². The fraction of sp³-hybridized carbons (Fsp3) is 0.462. The quantitative estimate of drug-likeness (QED) is 0.756. The zero-order valence-electron chi connectivity index (χ0n) is 10.1. The molecule has 17 heavy (non-hydrogen) atoms. The predicted octanol–water partition coefficient (Wildman–Crippen LogP) is 2.97. The van der Waals surface area contributed by atoms with Crippen molar-refractivity contribution in [1.29, 1.82) is 0 Å². The van der Waals surface area contributed by atoms with Crippen LogP contribution in [-0.2, 0) is 0 Å². The van der Waals surface area contributed by atoms with E-state index in [0.717, 1.165) is 18.8 Å². The molecule has 0 amide bonds. The lowest BCUT2D eigenvalue weighted by Gasteiger charge is -2.39. The third-order valence-electron chi connectivity index (χ3n) is 2.91. The van der Waals surface area contributed by atoms with Gasteiger partial charge in [-0.05, 0) is 26.0 Å². The number of hydrogen-bond donors (Lipinski definition) is 0. The lowest BCUT2D eigenvalue weighted by Crippen LogP contribution is -2.43. The van der Waals surface area contributed by atoms with Gasteiger partial charge in [-0.3, -0.25) is 4.79 Å². The van der Waals surface area contributed by atoms with Gasteiger partial charge in [-0.15, -0.1) is 0 Å². The summed E-state index contributed by atoms with van der Waals surface area (Å²) in [6.07, 6.45) is 0.611. The van der Waals surface area contributed by atoms with Crippen molar-refractivity contribution in [3.05, 3.63) is 29.6 Å². The summed E-state index contributed by atoms with van der Waals surface area (Å²) in [6, 6.07) is 4.81. The number of rotatable bonds is 2. The highest BCUT2D eigenvalue weighted by Crippen LogP contribution is 2.33. The molecular weight excluding hydrogens is 237 g/mol. The topological polar surface area (TPSA) is 20.3 Å². The van der Waals surface area contributed by atoms with E-state index in [1.807, 2.05) is 17.8 Å². The van der Waals surface area contributed by atoms with E-state index in [2.05, 4.69) is 18.7 Å². The number of carbonyl (C=O) groups excluding carboxylic acids is 1. The monoisotopic (exact) mass is 253 g/mol. The Kier molecular flexibility index (Phi) is 3.43. The van der Waals surface area contributed by atoms with Gasteiger partial charge in [0.15, 0.2) is 6.29 Å². The van der Waals surface area contributed by atoms with Gasteiger partial charge in [0.2, 0.25) is 0 Å². The Labute approximate surface area is 105 Å². The van der Waals surface area contributed by atoms with Crippen molar-refractivity contribution < 1.29 is 9.18 Å². The number of halogens is 1. The normalized spacial score (nSPS) is 19.1. The fourth-order valence-electron chi connectivity index (χ4n) is 2.14. The molecule has 4 heteroatoms. The zero-order chi connectivity index (χ0) is 12.5. The average Bonchev–Trinajstić information content (AvgIpc) is 2.27. The predicted molar refractivity (Wildman–Crippen MR) is 70.5 cm³/mol. The third kappa shape index (κ3) is 2.63. The summed E-state index contributed by atoms with van der Waals surface area (Å²) in [5.74, 6) is 0.565. The van der Waals surface area contributed by atoms with E-state index in [4.69, 9.17) is 0 Å². The molecule has 0 spiro atoms. The lowest BCUT2D eigenvalue weighted by molar-refractivity contribution is 0.112. The number of benzene rings is 1. The highest BCUT2D eigenvalue weighted by atomic mass is 32.2. The van der Waals surface area contributed by atoms with Gasteiger partial charge in [-0.1, -0.05) is 6.07 Å². The van der Waals surface area contributed by atoms with Crippen molar-refractivity contribution in [2.45, 2.75) is 18.6 Å². The number of thioether (sulfide) groups is 1. The van der Waals surface area contributed by atoms with Crippen LogP contribution in [-0.4, -0.2) is 29.9 Å². The van der Waals surface area contributed by atoms with Gasteiger partial charge in [0, 0.05) is 23.6 Å². The molecule has 0 aliphatic carbocycles. The van der Waals surface area contributed by atoms with E-state index in [-0.39, 0.29) is 10.3 Å². The van der Waals surface area contributed by atoms with E-state index in [0.29, 0.717) is 12.0 Å². The van der Waals surface area contributed by atoms with Gasteiger partial charge in [-0.25, -0.2) is 4.39 Å². The van der Waals surface area contributed by atoms with E-state index in [9.17, 15) is 9.18 Å². The summed E-state index contributed by atoms with van der Waals surface area (Å²) in [4.78, 5) is 13.1. The van der Waals surface area contributed by atoms with Gasteiger partial charge in [0.25, 0.3) is 0 Å². The van der Waals surface area contributed by atoms with Crippen LogP contribution in [0.1, 0.15) is 24.2 Å². The van der Waals surface area contributed by atoms with Crippen molar-refractivity contribution in [3.63, 3.8) is 0 Å². The molecule has 1 saturated heterocycles. The number of carbonyl (C=O) groups is 1. The van der Waals surface area contributed by atoms with E-state index in [1.165, 1.54) is 6.07 Å². The zero-order valence-corrected chi connectivity index (χ0v) is 10.9. The first-order valence-electron chi connectivity index (χ1n) is 5.66. The Morgan fingerprint density at radius 3 is 2.88 bits per heavy atom. The van der Waals surface area contributed by atoms with Crippen LogP contribution in [0.5, 0.6) is 0 Å². The average molecular weight is 253 g/mol. The smallest absolute Gasteiger partial charge is 0.155 e. The maximum Gasteiger partial charge on any atom is 0.155 e. The first-order chi connectivity index (χ1) is 8.03. The molecule has 1 heterocycles. The van der Waals surface area contributed by atoms with Crippen molar-refractivity contribution in [3.8, 4) is 0 Å². The Morgan fingerprint density at radius 1 is 1.47 bits per heavy atom. The fourth-order valence-corrected chi connectivity index (χ4v) is 3.25. The minimum atomic E-state index is -0.437. The van der Waals surface area contributed by atoms with Crippen LogP contribution in [0.4, 0.5) is 10.1 Å². The van der Waals surface area contributed by atoms with Gasteiger partial charge in [0.05, 0.1) is 11.3 Å². The number of anilines is 1. The van der Waals surface area contributed by atoms with E-state index in [1.54, 1.807) is 6.07 Å². The molecule has 0 atom stereocenters. The van der Waals surface area contributed by atoms with Crippen LogP contribution in [0, 0.1) is 5.82 Å². The Bertz CT molecular complexity index is 433. The van der Waals surface area contributed by atoms with Gasteiger partial charge >= 0.3 is 0 Å². The van der Waals surface area contributed by atoms with Gasteiger partial charge in [-0.2, -0.15) is 11.8 Å². The summed E-state index contributed by atoms with van der Waals surface area (Å²) in [5.41, 5.74) is 0.892. The van der Waals surface area contributed by atoms with Crippen molar-refractivity contribution >= 4 is 23.7 Å². The summed E-state index contributed by atoms with van der Waals surface area (Å²) in [6.45, 7) is 6.04. The Hall–Kier alpha value is -1.03. The summed E-state index contributed by atoms with van der Waals surface area (Å²) >= 11 is 1.91. The molecule has 1 aliphatic rings.